The highest BCUT2D eigenvalue weighted by atomic mass is 32.2. The van der Waals surface area contributed by atoms with E-state index in [2.05, 4.69) is 11.4 Å². The van der Waals surface area contributed by atoms with Crippen LogP contribution in [0.5, 0.6) is 0 Å². The number of rotatable bonds is 9. The van der Waals surface area contributed by atoms with Gasteiger partial charge in [-0.1, -0.05) is 6.42 Å². The molecule has 0 amide bonds. The Morgan fingerprint density at radius 1 is 1.18 bits per heavy atom. The zero-order valence-corrected chi connectivity index (χ0v) is 11.9. The van der Waals surface area contributed by atoms with Crippen LogP contribution in [0, 0.1) is 16.7 Å². The summed E-state index contributed by atoms with van der Waals surface area (Å²) in [6, 6.07) is 2.28. The van der Waals surface area contributed by atoms with Crippen LogP contribution in [0.4, 0.5) is 0 Å². The van der Waals surface area contributed by atoms with Gasteiger partial charge < -0.3 is 5.32 Å². The first kappa shape index (κ1) is 16.4. The van der Waals surface area contributed by atoms with Gasteiger partial charge in [-0.25, -0.2) is 8.42 Å². The minimum Gasteiger partial charge on any atom is -0.317 e. The molecule has 1 N–H and O–H groups in total. The maximum Gasteiger partial charge on any atom is 0.147 e. The minimum atomic E-state index is -2.82. The fourth-order valence-electron chi connectivity index (χ4n) is 1.46. The summed E-state index contributed by atoms with van der Waals surface area (Å²) in [5, 5.41) is 12.0. The Labute approximate surface area is 105 Å². The average molecular weight is 260 g/mol. The summed E-state index contributed by atoms with van der Waals surface area (Å²) in [7, 11) is -2.82. The van der Waals surface area contributed by atoms with Crippen LogP contribution in [-0.4, -0.2) is 33.5 Å². The van der Waals surface area contributed by atoms with E-state index < -0.39 is 9.84 Å². The number of nitriles is 1. The van der Waals surface area contributed by atoms with E-state index >= 15 is 0 Å². The van der Waals surface area contributed by atoms with Crippen LogP contribution in [-0.2, 0) is 9.84 Å². The smallest absolute Gasteiger partial charge is 0.147 e. The molecule has 0 unspecified atom stereocenters. The topological polar surface area (TPSA) is 70.0 Å². The predicted octanol–water partition coefficient (Wildman–Crippen LogP) is 1.73. The maximum absolute atomic E-state index is 10.9. The Morgan fingerprint density at radius 2 is 1.76 bits per heavy atom. The molecule has 100 valence electrons. The van der Waals surface area contributed by atoms with Gasteiger partial charge in [0.25, 0.3) is 0 Å². The van der Waals surface area contributed by atoms with E-state index in [0.717, 1.165) is 32.4 Å². The SMILES string of the molecule is CC(C)(C#N)CCCCNCCCS(C)(=O)=O. The Morgan fingerprint density at radius 3 is 2.29 bits per heavy atom. The summed E-state index contributed by atoms with van der Waals surface area (Å²) in [5.41, 5.74) is -0.226. The Hall–Kier alpha value is -0.600. The summed E-state index contributed by atoms with van der Waals surface area (Å²) >= 11 is 0. The van der Waals surface area contributed by atoms with Crippen LogP contribution in [0.3, 0.4) is 0 Å². The van der Waals surface area contributed by atoms with Crippen molar-refractivity contribution in [2.75, 3.05) is 25.1 Å². The van der Waals surface area contributed by atoms with E-state index in [0.29, 0.717) is 6.42 Å². The summed E-state index contributed by atoms with van der Waals surface area (Å²) in [4.78, 5) is 0. The van der Waals surface area contributed by atoms with Crippen molar-refractivity contribution in [1.29, 1.82) is 5.26 Å². The van der Waals surface area contributed by atoms with Crippen molar-refractivity contribution in [3.05, 3.63) is 0 Å². The second kappa shape index (κ2) is 7.67. The molecule has 17 heavy (non-hydrogen) atoms. The molecule has 0 saturated carbocycles. The second-order valence-electron chi connectivity index (χ2n) is 5.19. The normalized spacial score (nSPS) is 12.4. The van der Waals surface area contributed by atoms with Gasteiger partial charge in [0.1, 0.15) is 9.84 Å². The molecule has 0 aliphatic carbocycles. The van der Waals surface area contributed by atoms with E-state index in [1.165, 1.54) is 6.26 Å². The largest absolute Gasteiger partial charge is 0.317 e. The lowest BCUT2D eigenvalue weighted by Crippen LogP contribution is -2.19. The van der Waals surface area contributed by atoms with Gasteiger partial charge in [0.2, 0.25) is 0 Å². The van der Waals surface area contributed by atoms with Crippen molar-refractivity contribution in [3.63, 3.8) is 0 Å². The number of hydrogen-bond donors (Lipinski definition) is 1. The number of sulfone groups is 1. The van der Waals surface area contributed by atoms with Crippen molar-refractivity contribution < 1.29 is 8.42 Å². The Kier molecular flexibility index (Phi) is 7.40. The highest BCUT2D eigenvalue weighted by Gasteiger charge is 2.15. The highest BCUT2D eigenvalue weighted by molar-refractivity contribution is 7.90. The van der Waals surface area contributed by atoms with Crippen molar-refractivity contribution in [2.24, 2.45) is 5.41 Å². The molecular weight excluding hydrogens is 236 g/mol. The molecule has 0 saturated heterocycles. The third kappa shape index (κ3) is 11.7. The van der Waals surface area contributed by atoms with Gasteiger partial charge in [-0.3, -0.25) is 0 Å². The lowest BCUT2D eigenvalue weighted by molar-refractivity contribution is 0.422. The summed E-state index contributed by atoms with van der Waals surface area (Å²) in [5.74, 6) is 0.251. The number of nitrogens with one attached hydrogen (secondary N) is 1. The van der Waals surface area contributed by atoms with E-state index in [9.17, 15) is 8.42 Å². The first-order valence-corrected chi connectivity index (χ1v) is 8.13. The molecule has 0 bridgehead atoms. The third-order valence-electron chi connectivity index (χ3n) is 2.58. The number of nitrogens with zero attached hydrogens (tertiary/aromatic N) is 1. The van der Waals surface area contributed by atoms with Gasteiger partial charge in [0.05, 0.1) is 17.2 Å². The third-order valence-corrected chi connectivity index (χ3v) is 3.61. The average Bonchev–Trinajstić information content (AvgIpc) is 2.20. The van der Waals surface area contributed by atoms with Crippen molar-refractivity contribution in [2.45, 2.75) is 39.5 Å². The second-order valence-corrected chi connectivity index (χ2v) is 7.45. The van der Waals surface area contributed by atoms with Crippen molar-refractivity contribution in [1.82, 2.24) is 5.32 Å². The molecule has 4 nitrogen and oxygen atoms in total. The molecule has 0 aliphatic heterocycles. The van der Waals surface area contributed by atoms with Crippen LogP contribution >= 0.6 is 0 Å². The van der Waals surface area contributed by atoms with Gasteiger partial charge in [0, 0.05) is 6.26 Å². The summed E-state index contributed by atoms with van der Waals surface area (Å²) in [6.45, 7) is 5.54. The molecule has 0 heterocycles. The quantitative estimate of drug-likeness (QED) is 0.641. The van der Waals surface area contributed by atoms with Crippen molar-refractivity contribution in [3.8, 4) is 6.07 Å². The first-order valence-electron chi connectivity index (χ1n) is 6.06. The monoisotopic (exact) mass is 260 g/mol. The standard InChI is InChI=1S/C12H24N2O2S/c1-12(2,11-13)7-4-5-8-14-9-6-10-17(3,15)16/h14H,4-10H2,1-3H3. The summed E-state index contributed by atoms with van der Waals surface area (Å²) in [6.07, 6.45) is 4.90. The molecule has 0 aromatic rings. The van der Waals surface area contributed by atoms with Crippen molar-refractivity contribution >= 4 is 9.84 Å². The molecule has 0 aromatic carbocycles. The molecule has 0 aromatic heterocycles. The highest BCUT2D eigenvalue weighted by Crippen LogP contribution is 2.21. The molecule has 0 radical (unpaired) electrons. The lowest BCUT2D eigenvalue weighted by Gasteiger charge is -2.14. The first-order chi connectivity index (χ1) is 7.77. The molecule has 0 atom stereocenters. The zero-order chi connectivity index (χ0) is 13.4. The van der Waals surface area contributed by atoms with Crippen LogP contribution in [0.1, 0.15) is 39.5 Å². The van der Waals surface area contributed by atoms with Gasteiger partial charge in [-0.05, 0) is 46.2 Å². The molecule has 0 fully saturated rings. The van der Waals surface area contributed by atoms with E-state index in [1.54, 1.807) is 0 Å². The lowest BCUT2D eigenvalue weighted by atomic mass is 9.89. The van der Waals surface area contributed by atoms with E-state index in [-0.39, 0.29) is 11.2 Å². The van der Waals surface area contributed by atoms with Crippen LogP contribution in [0.25, 0.3) is 0 Å². The van der Waals surface area contributed by atoms with Crippen LogP contribution < -0.4 is 5.32 Å². The van der Waals surface area contributed by atoms with Crippen LogP contribution in [0.2, 0.25) is 0 Å². The molecule has 0 aliphatic rings. The number of unbranched alkanes of at least 4 members (excludes halogenated alkanes) is 1. The Bertz CT molecular complexity index is 342. The maximum atomic E-state index is 10.9. The zero-order valence-electron chi connectivity index (χ0n) is 11.1. The minimum absolute atomic E-state index is 0.226. The number of hydrogen-bond acceptors (Lipinski definition) is 4. The molecule has 0 spiro atoms. The molecule has 0 rings (SSSR count). The summed E-state index contributed by atoms with van der Waals surface area (Å²) < 4.78 is 21.7. The fourth-order valence-corrected chi connectivity index (χ4v) is 2.13. The molecular formula is C12H24N2O2S. The molecule has 5 heteroatoms. The van der Waals surface area contributed by atoms with E-state index in [4.69, 9.17) is 5.26 Å². The van der Waals surface area contributed by atoms with Crippen LogP contribution in [0.15, 0.2) is 0 Å². The van der Waals surface area contributed by atoms with Gasteiger partial charge in [-0.15, -0.1) is 0 Å². The van der Waals surface area contributed by atoms with E-state index in [1.807, 2.05) is 13.8 Å². The van der Waals surface area contributed by atoms with Gasteiger partial charge >= 0.3 is 0 Å². The predicted molar refractivity (Wildman–Crippen MR) is 70.4 cm³/mol. The fraction of sp³-hybridized carbons (Fsp3) is 0.917. The van der Waals surface area contributed by atoms with Gasteiger partial charge in [-0.2, -0.15) is 5.26 Å². The van der Waals surface area contributed by atoms with Gasteiger partial charge in [0.15, 0.2) is 0 Å². The Balaban J connectivity index is 3.34.